The van der Waals surface area contributed by atoms with E-state index in [4.69, 9.17) is 10.5 Å². The Morgan fingerprint density at radius 3 is 1.63 bits per heavy atom. The molecule has 2 amide bonds. The van der Waals surface area contributed by atoms with Crippen LogP contribution in [0.4, 0.5) is 11.4 Å². The molecular weight excluding hydrogens is 396 g/mol. The molecule has 0 saturated carbocycles. The van der Waals surface area contributed by atoms with Crippen LogP contribution >= 0.6 is 24.1 Å². The van der Waals surface area contributed by atoms with Crippen molar-refractivity contribution in [1.29, 1.82) is 0 Å². The summed E-state index contributed by atoms with van der Waals surface area (Å²) in [6.45, 7) is 3.56. The number of benzene rings is 2. The normalized spacial score (nSPS) is 14.4. The van der Waals surface area contributed by atoms with Crippen LogP contribution in [0.1, 0.15) is 0 Å². The van der Waals surface area contributed by atoms with Gasteiger partial charge < -0.3 is 0 Å². The van der Waals surface area contributed by atoms with Crippen molar-refractivity contribution in [3.05, 3.63) is 60.7 Å². The number of anilines is 2. The smallest absolute Gasteiger partial charge is 0.267 e. The lowest BCUT2D eigenvalue weighted by molar-refractivity contribution is -0.432. The number of nitrogens with zero attached hydrogens (tertiary/aromatic N) is 2. The van der Waals surface area contributed by atoms with Gasteiger partial charge in [0.1, 0.15) is 5.57 Å². The van der Waals surface area contributed by atoms with Crippen LogP contribution in [0, 0.1) is 0 Å². The molecule has 1 heterocycles. The second kappa shape index (κ2) is 8.54. The summed E-state index contributed by atoms with van der Waals surface area (Å²) in [7, 11) is 0. The van der Waals surface area contributed by atoms with Gasteiger partial charge in [0.05, 0.1) is 35.5 Å². The molecular formula is C16H12N2O7S2. The minimum absolute atomic E-state index is 0.164. The highest BCUT2D eigenvalue weighted by atomic mass is 32.2. The zero-order valence-corrected chi connectivity index (χ0v) is 15.1. The quantitative estimate of drug-likeness (QED) is 0.234. The fourth-order valence-corrected chi connectivity index (χ4v) is 3.07. The lowest BCUT2D eigenvalue weighted by atomic mass is 10.2. The van der Waals surface area contributed by atoms with Gasteiger partial charge in [0.25, 0.3) is 11.8 Å². The predicted molar refractivity (Wildman–Crippen MR) is 97.2 cm³/mol. The number of amides is 2. The van der Waals surface area contributed by atoms with E-state index in [0.717, 1.165) is 24.1 Å². The SMILES string of the molecule is C=C1C(=O)N(c2ccc(SOO)cc2)N(c2ccc(SOOO)cc2)C1=O. The van der Waals surface area contributed by atoms with Crippen molar-refractivity contribution >= 4 is 47.3 Å². The van der Waals surface area contributed by atoms with Gasteiger partial charge in [-0.15, -0.1) is 4.33 Å². The van der Waals surface area contributed by atoms with Crippen molar-refractivity contribution in [3.63, 3.8) is 0 Å². The zero-order valence-electron chi connectivity index (χ0n) is 13.5. The second-order valence-electron chi connectivity index (χ2n) is 5.08. The second-order valence-corrected chi connectivity index (χ2v) is 6.65. The fourth-order valence-electron chi connectivity index (χ4n) is 2.38. The number of hydrazine groups is 1. The standard InChI is InChI=1S/C16H12N2O7S2/c1-10-15(19)17(11-2-6-13(7-3-11)26-24-22)18(16(10)20)12-4-8-14(9-5-12)27-25-23-21/h2-9,21-22H,1H2. The summed E-state index contributed by atoms with van der Waals surface area (Å²) in [5.41, 5.74) is 0.700. The summed E-state index contributed by atoms with van der Waals surface area (Å²) in [5, 5.41) is 22.6. The summed E-state index contributed by atoms with van der Waals surface area (Å²) in [6, 6.07) is 12.9. The van der Waals surface area contributed by atoms with Crippen molar-refractivity contribution in [2.75, 3.05) is 10.0 Å². The summed E-state index contributed by atoms with van der Waals surface area (Å²) in [4.78, 5) is 26.3. The first-order valence-electron chi connectivity index (χ1n) is 7.27. The predicted octanol–water partition coefficient (Wildman–Crippen LogP) is 3.46. The van der Waals surface area contributed by atoms with E-state index in [-0.39, 0.29) is 5.57 Å². The third-order valence-corrected chi connectivity index (χ3v) is 4.69. The van der Waals surface area contributed by atoms with E-state index in [9.17, 15) is 9.59 Å². The Bertz CT molecular complexity index is 858. The largest absolute Gasteiger partial charge is 0.282 e. The molecule has 1 saturated heterocycles. The summed E-state index contributed by atoms with van der Waals surface area (Å²) < 4.78 is 8.34. The summed E-state index contributed by atoms with van der Waals surface area (Å²) in [6.07, 6.45) is 0. The van der Waals surface area contributed by atoms with E-state index in [2.05, 4.69) is 20.3 Å². The highest BCUT2D eigenvalue weighted by molar-refractivity contribution is 7.94. The molecule has 1 aliphatic heterocycles. The van der Waals surface area contributed by atoms with E-state index in [1.807, 2.05) is 0 Å². The third-order valence-electron chi connectivity index (χ3n) is 3.56. The van der Waals surface area contributed by atoms with Crippen molar-refractivity contribution < 1.29 is 33.8 Å². The third kappa shape index (κ3) is 3.99. The van der Waals surface area contributed by atoms with E-state index < -0.39 is 11.8 Å². The maximum Gasteiger partial charge on any atom is 0.282 e. The monoisotopic (exact) mass is 408 g/mol. The van der Waals surface area contributed by atoms with E-state index in [1.165, 1.54) is 10.0 Å². The van der Waals surface area contributed by atoms with Crippen LogP contribution in [-0.2, 0) is 23.3 Å². The Hall–Kier alpha value is -2.38. The van der Waals surface area contributed by atoms with Gasteiger partial charge in [-0.05, 0) is 48.5 Å². The molecule has 3 rings (SSSR count). The van der Waals surface area contributed by atoms with E-state index >= 15 is 0 Å². The minimum atomic E-state index is -0.549. The van der Waals surface area contributed by atoms with Crippen LogP contribution in [0.15, 0.2) is 70.5 Å². The Kier molecular flexibility index (Phi) is 6.13. The summed E-state index contributed by atoms with van der Waals surface area (Å²) >= 11 is 1.51. The lowest BCUT2D eigenvalue weighted by Gasteiger charge is -2.27. The molecule has 0 unspecified atom stereocenters. The highest BCUT2D eigenvalue weighted by Crippen LogP contribution is 2.33. The fraction of sp³-hybridized carbons (Fsp3) is 0. The van der Waals surface area contributed by atoms with Crippen molar-refractivity contribution in [2.45, 2.75) is 9.79 Å². The van der Waals surface area contributed by atoms with Crippen LogP contribution < -0.4 is 10.0 Å². The lowest BCUT2D eigenvalue weighted by Crippen LogP contribution is -2.41. The zero-order chi connectivity index (χ0) is 19.4. The average molecular weight is 408 g/mol. The van der Waals surface area contributed by atoms with Gasteiger partial charge >= 0.3 is 0 Å². The molecule has 0 spiro atoms. The number of hydrogen-bond acceptors (Lipinski definition) is 9. The van der Waals surface area contributed by atoms with Gasteiger partial charge in [0, 0.05) is 9.79 Å². The Morgan fingerprint density at radius 1 is 0.778 bits per heavy atom. The van der Waals surface area contributed by atoms with Crippen LogP contribution in [0.3, 0.4) is 0 Å². The average Bonchev–Trinajstić information content (AvgIpc) is 2.92. The van der Waals surface area contributed by atoms with Crippen LogP contribution in [0.5, 0.6) is 0 Å². The number of rotatable bonds is 7. The van der Waals surface area contributed by atoms with Crippen LogP contribution in [-0.4, -0.2) is 22.3 Å². The molecule has 140 valence electrons. The molecule has 27 heavy (non-hydrogen) atoms. The molecule has 1 fully saturated rings. The highest BCUT2D eigenvalue weighted by Gasteiger charge is 2.41. The Morgan fingerprint density at radius 2 is 1.22 bits per heavy atom. The number of carbonyl (C=O) groups is 2. The molecule has 0 radical (unpaired) electrons. The molecule has 2 N–H and O–H groups in total. The van der Waals surface area contributed by atoms with Crippen LogP contribution in [0.2, 0.25) is 0 Å². The Labute approximate surface area is 161 Å². The minimum Gasteiger partial charge on any atom is -0.267 e. The molecule has 0 aromatic heterocycles. The maximum absolute atomic E-state index is 12.6. The molecule has 0 bridgehead atoms. The van der Waals surface area contributed by atoms with Gasteiger partial charge in [-0.1, -0.05) is 11.6 Å². The molecule has 1 aliphatic rings. The van der Waals surface area contributed by atoms with Crippen molar-refractivity contribution in [1.82, 2.24) is 0 Å². The van der Waals surface area contributed by atoms with Crippen molar-refractivity contribution in [2.24, 2.45) is 0 Å². The van der Waals surface area contributed by atoms with Gasteiger partial charge in [0.15, 0.2) is 0 Å². The van der Waals surface area contributed by atoms with Gasteiger partial charge in [0.2, 0.25) is 0 Å². The van der Waals surface area contributed by atoms with Crippen molar-refractivity contribution in [3.8, 4) is 0 Å². The Balaban J connectivity index is 1.92. The number of carbonyl (C=O) groups excluding carboxylic acids is 2. The van der Waals surface area contributed by atoms with Gasteiger partial charge in [-0.2, -0.15) is 4.33 Å². The first-order chi connectivity index (χ1) is 13.1. The van der Waals surface area contributed by atoms with Gasteiger partial charge in [-0.25, -0.2) is 20.5 Å². The first kappa shape index (κ1) is 19.4. The summed E-state index contributed by atoms with van der Waals surface area (Å²) in [5.74, 6) is -1.10. The molecule has 11 heteroatoms. The molecule has 0 aliphatic carbocycles. The molecule has 0 atom stereocenters. The van der Waals surface area contributed by atoms with Gasteiger partial charge in [-0.3, -0.25) is 9.59 Å². The molecule has 2 aromatic carbocycles. The molecule has 9 nitrogen and oxygen atoms in total. The molecule has 2 aromatic rings. The maximum atomic E-state index is 12.6. The topological polar surface area (TPSA) is 109 Å². The van der Waals surface area contributed by atoms with E-state index in [1.54, 1.807) is 48.5 Å². The van der Waals surface area contributed by atoms with Crippen LogP contribution in [0.25, 0.3) is 0 Å². The number of hydrogen-bond donors (Lipinski definition) is 2. The first-order valence-corrected chi connectivity index (χ1v) is 8.76. The van der Waals surface area contributed by atoms with E-state index in [0.29, 0.717) is 21.2 Å².